The van der Waals surface area contributed by atoms with Crippen molar-refractivity contribution in [2.24, 2.45) is 0 Å². The molecule has 0 saturated heterocycles. The highest BCUT2D eigenvalue weighted by Crippen LogP contribution is 2.23. The molecule has 0 saturated carbocycles. The second kappa shape index (κ2) is 5.54. The van der Waals surface area contributed by atoms with Crippen LogP contribution < -0.4 is 5.32 Å². The van der Waals surface area contributed by atoms with Crippen LogP contribution in [0.5, 0.6) is 0 Å². The first-order valence-electron chi connectivity index (χ1n) is 1.43. The molecular weight excluding hydrogens is 388 g/mol. The Bertz CT molecular complexity index is 93.7. The lowest BCUT2D eigenvalue weighted by atomic mass is 11.2. The van der Waals surface area contributed by atoms with Gasteiger partial charge in [0.15, 0.2) is 0 Å². The fraction of sp³-hybridized carbons (Fsp3) is 0.500. The van der Waals surface area contributed by atoms with Gasteiger partial charge in [-0.05, 0) is 12.7 Å². The Hall–Kier alpha value is 1.41. The van der Waals surface area contributed by atoms with Gasteiger partial charge in [-0.1, -0.05) is 0 Å². The van der Waals surface area contributed by atoms with Crippen LogP contribution in [0.1, 0.15) is 0 Å². The Labute approximate surface area is 63.8 Å². The molecule has 0 bridgehead atoms. The van der Waals surface area contributed by atoms with Crippen LogP contribution in [0.2, 0.25) is 0 Å². The van der Waals surface area contributed by atoms with Crippen molar-refractivity contribution < 1.29 is 4.79 Å². The van der Waals surface area contributed by atoms with Gasteiger partial charge in [0.2, 0.25) is 0 Å². The number of carbonyl (C=O) groups is 1. The van der Waals surface area contributed by atoms with Gasteiger partial charge in [0.05, 0.1) is 0 Å². The first-order chi connectivity index (χ1) is 3.31. The summed E-state index contributed by atoms with van der Waals surface area (Å²) in [5.41, 5.74) is 0. The van der Waals surface area contributed by atoms with Gasteiger partial charge in [-0.25, -0.2) is 0 Å². The van der Waals surface area contributed by atoms with E-state index < -0.39 is 0 Å². The predicted octanol–water partition coefficient (Wildman–Crippen LogP) is 2.49. The topological polar surface area (TPSA) is 29.1 Å². The van der Waals surface area contributed by atoms with Crippen molar-refractivity contribution >= 4 is 47.6 Å². The third kappa shape index (κ3) is 5.28. The third-order valence-electron chi connectivity index (χ3n) is 0.288. The molecule has 0 unspecified atom stereocenters. The highest BCUT2D eigenvalue weighted by Gasteiger charge is 1.84. The number of halogens is 3. The Morgan fingerprint density at radius 1 is 1.86 bits per heavy atom. The van der Waals surface area contributed by atoms with E-state index in [0.29, 0.717) is 0 Å². The van der Waals surface area contributed by atoms with Crippen LogP contribution in [-0.4, -0.2) is 11.0 Å². The molecule has 0 aromatic carbocycles. The van der Waals surface area contributed by atoms with Crippen LogP contribution in [-0.2, 0) is 0 Å². The van der Waals surface area contributed by atoms with Crippen LogP contribution in [0.3, 0.4) is 0 Å². The molecule has 0 heterocycles. The largest absolute Gasteiger partial charge is 0.351 e. The number of rotatable bonds is 1. The Morgan fingerprint density at radius 2 is 2.43 bits per heavy atom. The average molecular weight is 392 g/mol. The summed E-state index contributed by atoms with van der Waals surface area (Å²) >= 11 is 3.20. The molecule has 1 amide bonds. The van der Waals surface area contributed by atoms with E-state index in [9.17, 15) is 4.79 Å². The summed E-state index contributed by atoms with van der Waals surface area (Å²) in [7, 11) is 1.68. The molecule has 0 atom stereocenters. The van der Waals surface area contributed by atoms with Crippen LogP contribution >= 0.6 is 43.7 Å². The van der Waals surface area contributed by atoms with Crippen molar-refractivity contribution in [2.75, 3.05) is 7.05 Å². The van der Waals surface area contributed by atoms with Gasteiger partial charge in [-0.2, -0.15) is 0 Å². The molecule has 1 N–H and O–H groups in total. The summed E-state index contributed by atoms with van der Waals surface area (Å²) in [5, 5.41) is 2.57. The first-order valence-corrected chi connectivity index (χ1v) is 13.6. The van der Waals surface area contributed by atoms with Crippen molar-refractivity contribution in [1.82, 2.24) is 5.32 Å². The van der Waals surface area contributed by atoms with Gasteiger partial charge in [0, 0.05) is 38.0 Å². The average Bonchev–Trinajstić information content (AvgIpc) is 1.68. The maximum Gasteiger partial charge on any atom is 0.280 e. The molecular formula is C2H4BrI2NO. The molecule has 0 spiro atoms. The molecule has 0 aromatic rings. The quantitative estimate of drug-likeness (QED) is 0.415. The standard InChI is InChI=1S/C2H4BrI2NO/c1-6-2(7)4-5-3/h1H3,(H,6,7). The van der Waals surface area contributed by atoms with Crippen molar-refractivity contribution in [3.8, 4) is 0 Å². The fourth-order valence-electron chi connectivity index (χ4n) is 0.0602. The van der Waals surface area contributed by atoms with Crippen molar-refractivity contribution in [3.63, 3.8) is 0 Å². The molecule has 0 aliphatic carbocycles. The van der Waals surface area contributed by atoms with Crippen LogP contribution in [0.15, 0.2) is 0 Å². The highest BCUT2D eigenvalue weighted by molar-refractivity contribution is 14.9. The van der Waals surface area contributed by atoms with Gasteiger partial charge in [0.1, 0.15) is 0 Å². The fourth-order valence-corrected chi connectivity index (χ4v) is 7.34. The SMILES string of the molecule is CNC(=O)/I=I/Br. The highest BCUT2D eigenvalue weighted by atomic mass is 128. The normalized spacial score (nSPS) is 11.7. The van der Waals surface area contributed by atoms with Gasteiger partial charge >= 0.3 is 0 Å². The lowest BCUT2D eigenvalue weighted by Crippen LogP contribution is -2.06. The van der Waals surface area contributed by atoms with E-state index in [1.54, 1.807) is 7.05 Å². The predicted molar refractivity (Wildman–Crippen MR) is 51.4 cm³/mol. The number of hydrogen-bond acceptors (Lipinski definition) is 1. The number of amides is 1. The minimum atomic E-state index is -0.158. The number of hydrogen-bond donors (Lipinski definition) is 1. The second-order valence-corrected chi connectivity index (χ2v) is 17.3. The van der Waals surface area contributed by atoms with Crippen LogP contribution in [0, 0.1) is 0 Å². The number of nitrogens with one attached hydrogen (secondary N) is 1. The maximum absolute atomic E-state index is 10.3. The Balaban J connectivity index is 3.37. The summed E-state index contributed by atoms with van der Waals surface area (Å²) in [6.07, 6.45) is 0. The minimum absolute atomic E-state index is 0.0712. The van der Waals surface area contributed by atoms with Crippen molar-refractivity contribution in [1.29, 1.82) is 0 Å². The lowest BCUT2D eigenvalue weighted by Gasteiger charge is -1.82. The first kappa shape index (κ1) is 8.41. The van der Waals surface area contributed by atoms with Crippen LogP contribution in [0.4, 0.5) is 4.79 Å². The summed E-state index contributed by atoms with van der Waals surface area (Å²) < 4.78 is 0.239. The molecule has 44 valence electrons. The van der Waals surface area contributed by atoms with E-state index in [1.165, 1.54) is 0 Å². The van der Waals surface area contributed by atoms with E-state index >= 15 is 0 Å². The van der Waals surface area contributed by atoms with Crippen LogP contribution in [0.25, 0.3) is 0 Å². The molecule has 0 aromatic heterocycles. The monoisotopic (exact) mass is 391 g/mol. The summed E-state index contributed by atoms with van der Waals surface area (Å²) in [6.45, 7) is 0. The summed E-state index contributed by atoms with van der Waals surface area (Å²) in [6, 6.07) is 0. The van der Waals surface area contributed by atoms with E-state index in [2.05, 4.69) is 18.0 Å². The maximum atomic E-state index is 10.3. The van der Waals surface area contributed by atoms with Crippen molar-refractivity contribution in [3.05, 3.63) is 0 Å². The molecule has 0 aliphatic rings. The van der Waals surface area contributed by atoms with E-state index in [4.69, 9.17) is 0 Å². The van der Waals surface area contributed by atoms with Crippen molar-refractivity contribution in [2.45, 2.75) is 0 Å². The van der Waals surface area contributed by atoms with E-state index in [1.807, 2.05) is 0 Å². The molecule has 0 rings (SSSR count). The Kier molecular flexibility index (Phi) is 6.66. The third-order valence-corrected chi connectivity index (χ3v) is 9.97. The zero-order valence-electron chi connectivity index (χ0n) is 3.54. The lowest BCUT2D eigenvalue weighted by molar-refractivity contribution is 0.264. The molecule has 0 aliphatic heterocycles. The minimum Gasteiger partial charge on any atom is -0.351 e. The molecule has 2 nitrogen and oxygen atoms in total. The zero-order chi connectivity index (χ0) is 5.70. The summed E-state index contributed by atoms with van der Waals surface area (Å²) in [4.78, 5) is 10.3. The van der Waals surface area contributed by atoms with E-state index in [-0.39, 0.29) is 34.9 Å². The Morgan fingerprint density at radius 3 is 2.57 bits per heavy atom. The van der Waals surface area contributed by atoms with Gasteiger partial charge in [0.25, 0.3) is 3.91 Å². The second-order valence-electron chi connectivity index (χ2n) is 0.649. The summed E-state index contributed by atoms with van der Waals surface area (Å²) in [5.74, 6) is 0. The molecule has 7 heavy (non-hydrogen) atoms. The zero-order valence-corrected chi connectivity index (χ0v) is 9.44. The van der Waals surface area contributed by atoms with Gasteiger partial charge in [-0.3, -0.25) is 4.79 Å². The molecule has 0 fully saturated rings. The number of carbonyl (C=O) groups excluding carboxylic acids is 1. The van der Waals surface area contributed by atoms with Gasteiger partial charge < -0.3 is 5.32 Å². The van der Waals surface area contributed by atoms with E-state index in [0.717, 1.165) is 0 Å². The smallest absolute Gasteiger partial charge is 0.280 e. The molecule has 5 heteroatoms. The van der Waals surface area contributed by atoms with Gasteiger partial charge in [-0.15, -0.1) is 0 Å². The molecule has 0 radical (unpaired) electrons.